The van der Waals surface area contributed by atoms with Crippen LogP contribution in [0.5, 0.6) is 0 Å². The molecule has 1 amide bonds. The van der Waals surface area contributed by atoms with Crippen LogP contribution in [0.1, 0.15) is 6.92 Å². The van der Waals surface area contributed by atoms with E-state index in [2.05, 4.69) is 5.32 Å². The maximum absolute atomic E-state index is 11.8. The van der Waals surface area contributed by atoms with Crippen LogP contribution < -0.4 is 11.1 Å². The minimum absolute atomic E-state index is 0.243. The van der Waals surface area contributed by atoms with Crippen molar-refractivity contribution in [2.24, 2.45) is 0 Å². The first-order valence-electron chi connectivity index (χ1n) is 5.51. The Kier molecular flexibility index (Phi) is 5.91. The number of nitrogens with one attached hydrogen (secondary N) is 1. The molecule has 0 aromatic heterocycles. The van der Waals surface area contributed by atoms with Gasteiger partial charge in [0.15, 0.2) is 0 Å². The van der Waals surface area contributed by atoms with Gasteiger partial charge in [-0.15, -0.1) is 0 Å². The number of nitrogens with two attached hydrogens (primary N) is 1. The number of methoxy groups -OCH3 is 1. The minimum atomic E-state index is -0.558. The van der Waals surface area contributed by atoms with Crippen LogP contribution >= 0.6 is 11.6 Å². The fourth-order valence-corrected chi connectivity index (χ4v) is 1.37. The number of ether oxygens (including phenoxy) is 2. The zero-order valence-electron chi connectivity index (χ0n) is 10.4. The minimum Gasteiger partial charge on any atom is -0.397 e. The van der Waals surface area contributed by atoms with Crippen LogP contribution in [0.2, 0.25) is 5.02 Å². The van der Waals surface area contributed by atoms with Crippen LogP contribution in [-0.2, 0) is 14.3 Å². The maximum Gasteiger partial charge on any atom is 0.253 e. The Morgan fingerprint density at radius 1 is 1.50 bits per heavy atom. The number of halogens is 1. The first-order chi connectivity index (χ1) is 8.54. The summed E-state index contributed by atoms with van der Waals surface area (Å²) >= 11 is 5.79. The van der Waals surface area contributed by atoms with E-state index >= 15 is 0 Å². The molecule has 1 atom stereocenters. The van der Waals surface area contributed by atoms with E-state index < -0.39 is 6.10 Å². The number of hydrogen-bond donors (Lipinski definition) is 2. The fraction of sp³-hybridized carbons (Fsp3) is 0.417. The van der Waals surface area contributed by atoms with Gasteiger partial charge in [0, 0.05) is 12.8 Å². The molecule has 0 spiro atoms. The van der Waals surface area contributed by atoms with Crippen LogP contribution in [0.25, 0.3) is 0 Å². The van der Waals surface area contributed by atoms with Crippen molar-refractivity contribution in [3.8, 4) is 0 Å². The molecule has 0 saturated carbocycles. The average Bonchev–Trinajstić information content (AvgIpc) is 2.34. The molecule has 3 N–H and O–H groups in total. The Bertz CT molecular complexity index is 412. The number of rotatable bonds is 6. The molecule has 0 heterocycles. The summed E-state index contributed by atoms with van der Waals surface area (Å²) in [5, 5.41) is 3.15. The molecule has 1 rings (SSSR count). The molecule has 0 radical (unpaired) electrons. The van der Waals surface area contributed by atoms with Gasteiger partial charge >= 0.3 is 0 Å². The van der Waals surface area contributed by atoms with Crippen LogP contribution in [0.3, 0.4) is 0 Å². The zero-order chi connectivity index (χ0) is 13.5. The normalized spacial score (nSPS) is 12.2. The molecule has 0 bridgehead atoms. The summed E-state index contributed by atoms with van der Waals surface area (Å²) in [6, 6.07) is 4.91. The summed E-state index contributed by atoms with van der Waals surface area (Å²) in [5.41, 5.74) is 6.65. The van der Waals surface area contributed by atoms with Gasteiger partial charge in [-0.05, 0) is 25.1 Å². The fourth-order valence-electron chi connectivity index (χ4n) is 1.25. The van der Waals surface area contributed by atoms with Crippen molar-refractivity contribution < 1.29 is 14.3 Å². The second-order valence-electron chi connectivity index (χ2n) is 3.73. The highest BCUT2D eigenvalue weighted by molar-refractivity contribution is 6.33. The first kappa shape index (κ1) is 14.8. The molecular formula is C12H17ClN2O3. The standard InChI is InChI=1S/C12H17ClN2O3/c1-8(18-6-5-17-2)12(16)15-9-3-4-10(13)11(14)7-9/h3-4,7-8H,5-6,14H2,1-2H3,(H,15,16). The van der Waals surface area contributed by atoms with Crippen molar-refractivity contribution >= 4 is 28.9 Å². The number of anilines is 2. The van der Waals surface area contributed by atoms with Crippen molar-refractivity contribution in [3.05, 3.63) is 23.2 Å². The van der Waals surface area contributed by atoms with Gasteiger partial charge in [0.1, 0.15) is 6.10 Å². The van der Waals surface area contributed by atoms with E-state index in [-0.39, 0.29) is 5.91 Å². The molecule has 1 unspecified atom stereocenters. The van der Waals surface area contributed by atoms with Crippen LogP contribution in [0, 0.1) is 0 Å². The molecule has 6 heteroatoms. The van der Waals surface area contributed by atoms with Gasteiger partial charge in [0.05, 0.1) is 23.9 Å². The van der Waals surface area contributed by atoms with Gasteiger partial charge in [-0.25, -0.2) is 0 Å². The molecule has 0 fully saturated rings. The van der Waals surface area contributed by atoms with Gasteiger partial charge in [-0.2, -0.15) is 0 Å². The number of hydrogen-bond acceptors (Lipinski definition) is 4. The lowest BCUT2D eigenvalue weighted by molar-refractivity contribution is -0.127. The number of nitrogen functional groups attached to an aromatic ring is 1. The third kappa shape index (κ3) is 4.52. The third-order valence-corrected chi connectivity index (χ3v) is 2.63. The van der Waals surface area contributed by atoms with Crippen molar-refractivity contribution in [2.75, 3.05) is 31.4 Å². The highest BCUT2D eigenvalue weighted by Crippen LogP contribution is 2.22. The largest absolute Gasteiger partial charge is 0.397 e. The Morgan fingerprint density at radius 3 is 2.83 bits per heavy atom. The van der Waals surface area contributed by atoms with E-state index in [1.165, 1.54) is 0 Å². The molecule has 18 heavy (non-hydrogen) atoms. The number of benzene rings is 1. The molecule has 0 aliphatic carbocycles. The lowest BCUT2D eigenvalue weighted by Gasteiger charge is -2.13. The number of carbonyl (C=O) groups excluding carboxylic acids is 1. The Morgan fingerprint density at radius 2 is 2.22 bits per heavy atom. The van der Waals surface area contributed by atoms with Gasteiger partial charge in [-0.3, -0.25) is 4.79 Å². The smallest absolute Gasteiger partial charge is 0.253 e. The summed E-state index contributed by atoms with van der Waals surface area (Å²) in [4.78, 5) is 11.8. The monoisotopic (exact) mass is 272 g/mol. The van der Waals surface area contributed by atoms with Crippen LogP contribution in [0.15, 0.2) is 18.2 Å². The van der Waals surface area contributed by atoms with E-state index in [0.29, 0.717) is 29.6 Å². The van der Waals surface area contributed by atoms with Gasteiger partial charge < -0.3 is 20.5 Å². The summed E-state index contributed by atoms with van der Waals surface area (Å²) in [5.74, 6) is -0.243. The Balaban J connectivity index is 2.50. The van der Waals surface area contributed by atoms with Gasteiger partial charge in [0.25, 0.3) is 5.91 Å². The van der Waals surface area contributed by atoms with Crippen LogP contribution in [-0.4, -0.2) is 32.3 Å². The van der Waals surface area contributed by atoms with Gasteiger partial charge in [-0.1, -0.05) is 11.6 Å². The highest BCUT2D eigenvalue weighted by Gasteiger charge is 2.13. The first-order valence-corrected chi connectivity index (χ1v) is 5.89. The summed E-state index contributed by atoms with van der Waals surface area (Å²) in [6.07, 6.45) is -0.558. The molecule has 0 saturated heterocycles. The van der Waals surface area contributed by atoms with E-state index in [4.69, 9.17) is 26.8 Å². The third-order valence-electron chi connectivity index (χ3n) is 2.29. The lowest BCUT2D eigenvalue weighted by Crippen LogP contribution is -2.28. The Labute approximate surface area is 111 Å². The zero-order valence-corrected chi connectivity index (χ0v) is 11.2. The molecule has 100 valence electrons. The van der Waals surface area contributed by atoms with Crippen molar-refractivity contribution in [2.45, 2.75) is 13.0 Å². The highest BCUT2D eigenvalue weighted by atomic mass is 35.5. The Hall–Kier alpha value is -1.30. The average molecular weight is 273 g/mol. The number of carbonyl (C=O) groups is 1. The lowest BCUT2D eigenvalue weighted by atomic mass is 10.2. The summed E-state index contributed by atoms with van der Waals surface area (Å²) < 4.78 is 10.1. The molecule has 1 aromatic rings. The number of amides is 1. The van der Waals surface area contributed by atoms with E-state index in [1.54, 1.807) is 32.2 Å². The second kappa shape index (κ2) is 7.20. The van der Waals surface area contributed by atoms with Crippen LogP contribution in [0.4, 0.5) is 11.4 Å². The predicted molar refractivity (Wildman–Crippen MR) is 71.8 cm³/mol. The quantitative estimate of drug-likeness (QED) is 0.613. The van der Waals surface area contributed by atoms with Crippen molar-refractivity contribution in [1.82, 2.24) is 0 Å². The van der Waals surface area contributed by atoms with Gasteiger partial charge in [0.2, 0.25) is 0 Å². The molecular weight excluding hydrogens is 256 g/mol. The second-order valence-corrected chi connectivity index (χ2v) is 4.14. The van der Waals surface area contributed by atoms with E-state index in [9.17, 15) is 4.79 Å². The maximum atomic E-state index is 11.8. The SMILES string of the molecule is COCCOC(C)C(=O)Nc1ccc(Cl)c(N)c1. The topological polar surface area (TPSA) is 73.6 Å². The van der Waals surface area contributed by atoms with E-state index in [1.807, 2.05) is 0 Å². The van der Waals surface area contributed by atoms with Crippen molar-refractivity contribution in [3.63, 3.8) is 0 Å². The van der Waals surface area contributed by atoms with E-state index in [0.717, 1.165) is 0 Å². The molecule has 0 aliphatic rings. The molecule has 1 aromatic carbocycles. The molecule has 5 nitrogen and oxygen atoms in total. The summed E-state index contributed by atoms with van der Waals surface area (Å²) in [6.45, 7) is 2.49. The predicted octanol–water partition coefficient (Wildman–Crippen LogP) is 1.91. The molecule has 0 aliphatic heterocycles. The van der Waals surface area contributed by atoms with Crippen molar-refractivity contribution in [1.29, 1.82) is 0 Å². The summed E-state index contributed by atoms with van der Waals surface area (Å²) in [7, 11) is 1.57.